The molecule has 6 heteroatoms. The fourth-order valence-electron chi connectivity index (χ4n) is 2.74. The summed E-state index contributed by atoms with van der Waals surface area (Å²) in [6.07, 6.45) is 1.84. The van der Waals surface area contributed by atoms with Gasteiger partial charge in [-0.05, 0) is 23.8 Å². The van der Waals surface area contributed by atoms with Crippen LogP contribution in [0.1, 0.15) is 5.56 Å². The molecule has 0 unspecified atom stereocenters. The Labute approximate surface area is 144 Å². The summed E-state index contributed by atoms with van der Waals surface area (Å²) in [4.78, 5) is 4.42. The molecule has 2 heterocycles. The molecule has 0 N–H and O–H groups in total. The summed E-state index contributed by atoms with van der Waals surface area (Å²) >= 11 is 0. The summed E-state index contributed by atoms with van der Waals surface area (Å²) in [5.41, 5.74) is 2.71. The molecular weight excluding hydrogens is 318 g/mol. The van der Waals surface area contributed by atoms with Crippen molar-refractivity contribution >= 4 is 16.6 Å². The van der Waals surface area contributed by atoms with Gasteiger partial charge < -0.3 is 14.2 Å². The van der Waals surface area contributed by atoms with Crippen molar-refractivity contribution < 1.29 is 14.2 Å². The minimum atomic E-state index is 0.377. The first kappa shape index (κ1) is 15.3. The van der Waals surface area contributed by atoms with Gasteiger partial charge in [0.25, 0.3) is 0 Å². The number of para-hydroxylation sites is 1. The number of hydrogen-bond acceptors (Lipinski definition) is 5. The van der Waals surface area contributed by atoms with Crippen LogP contribution in [0.25, 0.3) is 16.6 Å². The molecule has 0 saturated carbocycles. The Morgan fingerprint density at radius 1 is 0.960 bits per heavy atom. The van der Waals surface area contributed by atoms with Gasteiger partial charge in [0.2, 0.25) is 5.88 Å². The molecule has 0 radical (unpaired) electrons. The lowest BCUT2D eigenvalue weighted by Crippen LogP contribution is -1.98. The first-order valence-electron chi connectivity index (χ1n) is 7.86. The lowest BCUT2D eigenvalue weighted by atomic mass is 10.2. The Bertz CT molecular complexity index is 1040. The predicted octanol–water partition coefficient (Wildman–Crippen LogP) is 3.48. The average Bonchev–Trinajstić information content (AvgIpc) is 3.09. The molecule has 0 aliphatic carbocycles. The minimum absolute atomic E-state index is 0.377. The topological polar surface area (TPSA) is 57.9 Å². The maximum absolute atomic E-state index is 5.83. The molecule has 0 fully saturated rings. The smallest absolute Gasteiger partial charge is 0.235 e. The number of benzene rings is 2. The van der Waals surface area contributed by atoms with Gasteiger partial charge >= 0.3 is 0 Å². The second-order valence-corrected chi connectivity index (χ2v) is 5.55. The van der Waals surface area contributed by atoms with E-state index in [1.165, 1.54) is 0 Å². The van der Waals surface area contributed by atoms with Crippen LogP contribution in [0.5, 0.6) is 17.4 Å². The van der Waals surface area contributed by atoms with Gasteiger partial charge in [-0.25, -0.2) is 9.50 Å². The highest BCUT2D eigenvalue weighted by Gasteiger charge is 2.09. The van der Waals surface area contributed by atoms with Crippen LogP contribution in [-0.4, -0.2) is 28.8 Å². The first-order chi connectivity index (χ1) is 12.3. The van der Waals surface area contributed by atoms with Gasteiger partial charge in [-0.1, -0.05) is 24.3 Å². The monoisotopic (exact) mass is 335 g/mol. The van der Waals surface area contributed by atoms with E-state index < -0.39 is 0 Å². The maximum atomic E-state index is 5.83. The quantitative estimate of drug-likeness (QED) is 0.559. The number of aromatic nitrogens is 3. The number of ether oxygens (including phenoxy) is 3. The van der Waals surface area contributed by atoms with Crippen molar-refractivity contribution in [3.05, 3.63) is 60.3 Å². The average molecular weight is 335 g/mol. The molecule has 0 bridgehead atoms. The van der Waals surface area contributed by atoms with Crippen molar-refractivity contribution in [2.75, 3.05) is 14.2 Å². The Morgan fingerprint density at radius 2 is 1.80 bits per heavy atom. The third kappa shape index (κ3) is 2.82. The van der Waals surface area contributed by atoms with E-state index in [1.54, 1.807) is 18.7 Å². The normalized spacial score (nSPS) is 11.0. The van der Waals surface area contributed by atoms with Gasteiger partial charge in [-0.3, -0.25) is 0 Å². The molecule has 0 amide bonds. The molecule has 0 spiro atoms. The van der Waals surface area contributed by atoms with Crippen LogP contribution in [0, 0.1) is 0 Å². The molecule has 126 valence electrons. The van der Waals surface area contributed by atoms with Gasteiger partial charge in [0.15, 0.2) is 17.1 Å². The highest BCUT2D eigenvalue weighted by Crippen LogP contribution is 2.28. The molecular formula is C19H17N3O3. The molecule has 6 nitrogen and oxygen atoms in total. The summed E-state index contributed by atoms with van der Waals surface area (Å²) in [7, 11) is 3.23. The van der Waals surface area contributed by atoms with Crippen molar-refractivity contribution in [1.29, 1.82) is 0 Å². The summed E-state index contributed by atoms with van der Waals surface area (Å²) in [5, 5.41) is 5.54. The van der Waals surface area contributed by atoms with Crippen LogP contribution in [0.15, 0.2) is 54.7 Å². The van der Waals surface area contributed by atoms with E-state index in [-0.39, 0.29) is 0 Å². The largest absolute Gasteiger partial charge is 0.493 e. The van der Waals surface area contributed by atoms with Crippen LogP contribution >= 0.6 is 0 Å². The zero-order valence-corrected chi connectivity index (χ0v) is 14.0. The third-order valence-electron chi connectivity index (χ3n) is 4.00. The van der Waals surface area contributed by atoms with Crippen molar-refractivity contribution in [2.45, 2.75) is 6.61 Å². The summed E-state index contributed by atoms with van der Waals surface area (Å²) in [6, 6.07) is 15.5. The second-order valence-electron chi connectivity index (χ2n) is 5.55. The van der Waals surface area contributed by atoms with Gasteiger partial charge in [0.05, 0.1) is 19.7 Å². The Balaban J connectivity index is 1.60. The van der Waals surface area contributed by atoms with E-state index in [9.17, 15) is 0 Å². The molecule has 2 aromatic heterocycles. The standard InChI is InChI=1S/C19H17N3O3/c1-23-16-8-7-13(9-17(16)24-2)12-25-19-10-18-20-11-14-5-3-4-6-15(14)22(18)21-19/h3-11H,12H2,1-2H3. The molecule has 4 aromatic rings. The summed E-state index contributed by atoms with van der Waals surface area (Å²) in [6.45, 7) is 0.377. The van der Waals surface area contributed by atoms with E-state index in [0.717, 1.165) is 22.1 Å². The number of hydrogen-bond donors (Lipinski definition) is 0. The van der Waals surface area contributed by atoms with Crippen molar-refractivity contribution in [1.82, 2.24) is 14.6 Å². The molecule has 25 heavy (non-hydrogen) atoms. The van der Waals surface area contributed by atoms with Crippen LogP contribution in [0.3, 0.4) is 0 Å². The van der Waals surface area contributed by atoms with Crippen molar-refractivity contribution in [3.8, 4) is 17.4 Å². The van der Waals surface area contributed by atoms with Crippen LogP contribution < -0.4 is 14.2 Å². The fraction of sp³-hybridized carbons (Fsp3) is 0.158. The SMILES string of the molecule is COc1ccc(COc2cc3ncc4ccccc4n3n2)cc1OC. The van der Waals surface area contributed by atoms with Crippen LogP contribution in [-0.2, 0) is 6.61 Å². The molecule has 0 atom stereocenters. The number of methoxy groups -OCH3 is 2. The van der Waals surface area contributed by atoms with E-state index in [2.05, 4.69) is 10.1 Å². The number of fused-ring (bicyclic) bond motifs is 3. The lowest BCUT2D eigenvalue weighted by Gasteiger charge is -2.09. The predicted molar refractivity (Wildman–Crippen MR) is 94.4 cm³/mol. The van der Waals surface area contributed by atoms with Gasteiger partial charge in [-0.15, -0.1) is 5.10 Å². The lowest BCUT2D eigenvalue weighted by molar-refractivity contribution is 0.291. The van der Waals surface area contributed by atoms with E-state index in [4.69, 9.17) is 14.2 Å². The maximum Gasteiger partial charge on any atom is 0.235 e. The van der Waals surface area contributed by atoms with E-state index in [1.807, 2.05) is 54.7 Å². The van der Waals surface area contributed by atoms with Crippen LogP contribution in [0.4, 0.5) is 0 Å². The van der Waals surface area contributed by atoms with Crippen molar-refractivity contribution in [2.24, 2.45) is 0 Å². The zero-order valence-electron chi connectivity index (χ0n) is 14.0. The zero-order chi connectivity index (χ0) is 17.2. The highest BCUT2D eigenvalue weighted by molar-refractivity contribution is 5.80. The molecule has 0 aliphatic heterocycles. The fourth-order valence-corrected chi connectivity index (χ4v) is 2.74. The van der Waals surface area contributed by atoms with Crippen LogP contribution in [0.2, 0.25) is 0 Å². The van der Waals surface area contributed by atoms with E-state index in [0.29, 0.717) is 24.0 Å². The third-order valence-corrected chi connectivity index (χ3v) is 4.00. The van der Waals surface area contributed by atoms with Gasteiger partial charge in [0.1, 0.15) is 6.61 Å². The highest BCUT2D eigenvalue weighted by atomic mass is 16.5. The molecule has 2 aromatic carbocycles. The number of nitrogens with zero attached hydrogens (tertiary/aromatic N) is 3. The molecule has 0 saturated heterocycles. The number of rotatable bonds is 5. The Kier molecular flexibility index (Phi) is 3.85. The van der Waals surface area contributed by atoms with Crippen molar-refractivity contribution in [3.63, 3.8) is 0 Å². The van der Waals surface area contributed by atoms with Gasteiger partial charge in [-0.2, -0.15) is 0 Å². The Morgan fingerprint density at radius 3 is 2.64 bits per heavy atom. The minimum Gasteiger partial charge on any atom is -0.493 e. The Hall–Kier alpha value is -3.28. The first-order valence-corrected chi connectivity index (χ1v) is 7.86. The molecule has 0 aliphatic rings. The van der Waals surface area contributed by atoms with E-state index >= 15 is 0 Å². The molecule has 4 rings (SSSR count). The summed E-state index contributed by atoms with van der Waals surface area (Å²) < 4.78 is 18.2. The van der Waals surface area contributed by atoms with Gasteiger partial charge in [0, 0.05) is 17.6 Å². The second kappa shape index (κ2) is 6.32. The summed E-state index contributed by atoms with van der Waals surface area (Å²) in [5.74, 6) is 1.89.